The van der Waals surface area contributed by atoms with E-state index in [4.69, 9.17) is 0 Å². The van der Waals surface area contributed by atoms with Crippen LogP contribution in [0.2, 0.25) is 13.1 Å². The maximum atomic E-state index is 11.2. The van der Waals surface area contributed by atoms with Crippen LogP contribution >= 0.6 is 0 Å². The number of allylic oxidation sites excluding steroid dienone is 6. The van der Waals surface area contributed by atoms with Crippen LogP contribution in [0, 0.1) is 0 Å². The summed E-state index contributed by atoms with van der Waals surface area (Å²) < 4.78 is 0. The number of rotatable bonds is 3. The molecule has 0 unspecified atom stereocenters. The van der Waals surface area contributed by atoms with Gasteiger partial charge >= 0.3 is 26.2 Å². The third-order valence-corrected chi connectivity index (χ3v) is 6.32. The summed E-state index contributed by atoms with van der Waals surface area (Å²) >= 11 is 0. The summed E-state index contributed by atoms with van der Waals surface area (Å²) in [6.45, 7) is 8.70. The first kappa shape index (κ1) is 26.8. The fourth-order valence-electron chi connectivity index (χ4n) is 2.81. The molecule has 0 aromatic rings. The molecule has 0 heterocycles. The third kappa shape index (κ3) is 5.48. The van der Waals surface area contributed by atoms with Crippen molar-refractivity contribution in [3.8, 4) is 0 Å². The van der Waals surface area contributed by atoms with Gasteiger partial charge in [-0.2, -0.15) is 0 Å². The molecule has 1 nitrogen and oxygen atoms in total. The Kier molecular flexibility index (Phi) is 13.5. The predicted molar refractivity (Wildman–Crippen MR) is 76.7 cm³/mol. The Hall–Kier alpha value is 0.890. The molecule has 0 saturated carbocycles. The summed E-state index contributed by atoms with van der Waals surface area (Å²) in [5.41, 5.74) is 5.00. The average Bonchev–Trinajstić information content (AvgIpc) is 2.86. The van der Waals surface area contributed by atoms with Gasteiger partial charge in [-0.1, -0.05) is 48.5 Å². The van der Waals surface area contributed by atoms with Crippen LogP contribution in [0.1, 0.15) is 26.7 Å². The second-order valence-electron chi connectivity index (χ2n) is 5.56. The molecule has 0 saturated heterocycles. The zero-order valence-corrected chi connectivity index (χ0v) is 18.8. The van der Waals surface area contributed by atoms with Gasteiger partial charge in [-0.05, 0) is 37.8 Å². The third-order valence-electron chi connectivity index (χ3n) is 3.91. The van der Waals surface area contributed by atoms with E-state index in [0.717, 1.165) is 12.8 Å². The van der Waals surface area contributed by atoms with Crippen LogP contribution in [-0.4, -0.2) is 19.1 Å². The van der Waals surface area contributed by atoms with Crippen LogP contribution in [-0.2, 0) is 26.2 Å². The molecule has 2 aliphatic carbocycles. The van der Waals surface area contributed by atoms with E-state index in [0.29, 0.717) is 0 Å². The molecule has 21 heavy (non-hydrogen) atoms. The van der Waals surface area contributed by atoms with Crippen LogP contribution in [0.4, 0.5) is 0 Å². The van der Waals surface area contributed by atoms with Crippen molar-refractivity contribution in [1.82, 2.24) is 0 Å². The van der Waals surface area contributed by atoms with Gasteiger partial charge < -0.3 is 42.3 Å². The molecule has 0 aromatic heterocycles. The van der Waals surface area contributed by atoms with Crippen molar-refractivity contribution >= 4 is 8.80 Å². The van der Waals surface area contributed by atoms with Gasteiger partial charge in [-0.3, -0.25) is 0 Å². The van der Waals surface area contributed by atoms with Crippen LogP contribution < -0.4 is 37.2 Å². The first-order valence-corrected chi connectivity index (χ1v) is 9.31. The average molecular weight is 444 g/mol. The van der Waals surface area contributed by atoms with Crippen LogP contribution in [0.3, 0.4) is 0 Å². The summed E-state index contributed by atoms with van der Waals surface area (Å²) in [7, 11) is -1.21. The summed E-state index contributed by atoms with van der Waals surface area (Å²) in [5.74, 6) is 0. The van der Waals surface area contributed by atoms with Gasteiger partial charge in [0.05, 0.1) is 14.0 Å². The second kappa shape index (κ2) is 10.6. The molecule has 117 valence electrons. The normalized spacial score (nSPS) is 16.5. The first-order valence-electron chi connectivity index (χ1n) is 6.42. The van der Waals surface area contributed by atoms with E-state index in [1.807, 2.05) is 0 Å². The second-order valence-corrected chi connectivity index (χ2v) is 8.71. The molecule has 6 heteroatoms. The quantitative estimate of drug-likeness (QED) is 0.431. The van der Waals surface area contributed by atoms with Gasteiger partial charge in [0.2, 0.25) is 0 Å². The van der Waals surface area contributed by atoms with E-state index in [1.165, 1.54) is 22.3 Å². The molecular weight excluding hydrogens is 422 g/mol. The van der Waals surface area contributed by atoms with Gasteiger partial charge in [-0.25, -0.2) is 0 Å². The molecule has 0 fully saturated rings. The Bertz CT molecular complexity index is 432. The minimum absolute atomic E-state index is 0. The summed E-state index contributed by atoms with van der Waals surface area (Å²) in [6.07, 6.45) is 10.6. The molecule has 0 bridgehead atoms. The number of hydrogen-bond donors (Lipinski definition) is 1. The smallest absolute Gasteiger partial charge is 1.00 e. The van der Waals surface area contributed by atoms with Crippen molar-refractivity contribution in [1.29, 1.82) is 0 Å². The van der Waals surface area contributed by atoms with Crippen molar-refractivity contribution in [2.75, 3.05) is 0 Å². The topological polar surface area (TPSA) is 20.2 Å². The molecule has 2 aliphatic rings. The predicted octanol–water partition coefficient (Wildman–Crippen LogP) is -5.69. The fraction of sp³-hybridized carbons (Fsp3) is 0.467. The molecule has 2 rings (SSSR count). The van der Waals surface area contributed by atoms with Gasteiger partial charge in [0.25, 0.3) is 0 Å². The minimum Gasteiger partial charge on any atom is -1.00 e. The van der Waals surface area contributed by atoms with E-state index >= 15 is 0 Å². The van der Waals surface area contributed by atoms with Gasteiger partial charge in [0, 0.05) is 0 Å². The Morgan fingerprint density at radius 2 is 1.24 bits per heavy atom. The number of halogens is 3. The molecular formula is C15H22Cl3OSiZr. The monoisotopic (exact) mass is 441 g/mol. The molecule has 0 atom stereocenters. The number of aliphatic hydroxyl groups is 1. The fourth-order valence-corrected chi connectivity index (χ4v) is 4.69. The molecule has 0 spiro atoms. The van der Waals surface area contributed by atoms with Crippen molar-refractivity contribution in [2.24, 2.45) is 0 Å². The number of hydrogen-bond acceptors (Lipinski definition) is 1. The van der Waals surface area contributed by atoms with Gasteiger partial charge in [-0.15, -0.1) is 0 Å². The summed E-state index contributed by atoms with van der Waals surface area (Å²) in [6, 6.07) is 0. The minimum atomic E-state index is -1.21. The summed E-state index contributed by atoms with van der Waals surface area (Å²) in [4.78, 5) is 0. The van der Waals surface area contributed by atoms with Crippen LogP contribution in [0.15, 0.2) is 46.6 Å². The van der Waals surface area contributed by atoms with E-state index < -0.39 is 14.0 Å². The zero-order chi connectivity index (χ0) is 12.6. The van der Waals surface area contributed by atoms with E-state index in [-0.39, 0.29) is 63.4 Å². The van der Waals surface area contributed by atoms with E-state index in [1.54, 1.807) is 0 Å². The Balaban J connectivity index is -0.000000810. The standard InChI is InChI=1S/C15H22OSi.3ClH.Zr/c1-11-5-7-13(9-11)15(16,17(3)4)14-8-6-12(2)10-14;;;;/h5-6,9-10,16-17H,7-8H2,1-4H3;3*1H;/q;;;;+3/p-3. The van der Waals surface area contributed by atoms with Crippen molar-refractivity contribution in [2.45, 2.75) is 45.0 Å². The molecule has 1 radical (unpaired) electrons. The molecule has 0 aromatic carbocycles. The van der Waals surface area contributed by atoms with Crippen LogP contribution in [0.25, 0.3) is 0 Å². The molecule has 0 amide bonds. The summed E-state index contributed by atoms with van der Waals surface area (Å²) in [5, 5.41) is 10.6. The van der Waals surface area contributed by atoms with E-state index in [2.05, 4.69) is 51.2 Å². The van der Waals surface area contributed by atoms with Crippen molar-refractivity contribution in [3.63, 3.8) is 0 Å². The molecule has 0 aliphatic heterocycles. The SMILES string of the molecule is CC1=CCC(C(O)(C2=CC(C)=CC2)[SiH](C)C)=C1.[Cl-].[Cl-].[Cl-].[Zr+3]. The van der Waals surface area contributed by atoms with Crippen molar-refractivity contribution < 1.29 is 68.5 Å². The van der Waals surface area contributed by atoms with Crippen LogP contribution in [0.5, 0.6) is 0 Å². The Morgan fingerprint density at radius 3 is 1.43 bits per heavy atom. The maximum absolute atomic E-state index is 11.2. The zero-order valence-electron chi connectivity index (χ0n) is 12.9. The van der Waals surface area contributed by atoms with Crippen molar-refractivity contribution in [3.05, 3.63) is 46.6 Å². The Labute approximate surface area is 168 Å². The van der Waals surface area contributed by atoms with Gasteiger partial charge in [0.1, 0.15) is 0 Å². The Morgan fingerprint density at radius 1 is 0.905 bits per heavy atom. The largest absolute Gasteiger partial charge is 3.00 e. The molecule has 1 N–H and O–H groups in total. The van der Waals surface area contributed by atoms with Gasteiger partial charge in [0.15, 0.2) is 0 Å². The van der Waals surface area contributed by atoms with E-state index in [9.17, 15) is 5.11 Å². The maximum Gasteiger partial charge on any atom is 3.00 e. The first-order chi connectivity index (χ1) is 7.94.